The van der Waals surface area contributed by atoms with Crippen molar-refractivity contribution in [2.24, 2.45) is 5.92 Å². The number of amides is 7. The first-order valence-corrected chi connectivity index (χ1v) is 34.8. The van der Waals surface area contributed by atoms with E-state index in [1.165, 1.54) is 12.1 Å². The van der Waals surface area contributed by atoms with Gasteiger partial charge in [0.1, 0.15) is 40.9 Å². The molecule has 2 aliphatic heterocycles. The van der Waals surface area contributed by atoms with Crippen LogP contribution in [0.1, 0.15) is 167 Å². The maximum absolute atomic E-state index is 14.0. The number of ketones is 1. The number of likely N-dealkylation sites (tertiary alicyclic amines) is 1. The van der Waals surface area contributed by atoms with Gasteiger partial charge in [-0.25, -0.2) is 0 Å². The number of carboxylic acids is 2. The Kier molecular flexibility index (Phi) is 27.7. The van der Waals surface area contributed by atoms with Crippen molar-refractivity contribution in [1.82, 2.24) is 76.1 Å². The van der Waals surface area contributed by atoms with Gasteiger partial charge in [0.05, 0.1) is 11.1 Å². The number of aromatic nitrogens is 6. The summed E-state index contributed by atoms with van der Waals surface area (Å²) >= 11 is 0. The molecule has 0 spiro atoms. The fraction of sp³-hybridized carbons (Fsp3) is 0.472. The lowest BCUT2D eigenvalue weighted by atomic mass is 9.90. The van der Waals surface area contributed by atoms with Gasteiger partial charge in [0.2, 0.25) is 41.2 Å². The Balaban J connectivity index is 0.861. The molecule has 7 amide bonds. The number of nitrogens with zero attached hydrogens (tertiary/aromatic N) is 9. The molecular formula is C72H93N15O16. The van der Waals surface area contributed by atoms with Gasteiger partial charge in [-0.2, -0.15) is 0 Å². The van der Waals surface area contributed by atoms with Crippen LogP contribution in [0.3, 0.4) is 0 Å². The second-order valence-corrected chi connectivity index (χ2v) is 26.3. The van der Waals surface area contributed by atoms with E-state index in [-0.39, 0.29) is 151 Å². The summed E-state index contributed by atoms with van der Waals surface area (Å²) in [5.41, 5.74) is 4.67. The zero-order valence-corrected chi connectivity index (χ0v) is 58.9. The number of phenolic OH excluding ortho intramolecular Hbond substituents is 4. The van der Waals surface area contributed by atoms with E-state index in [1.54, 1.807) is 40.0 Å². The maximum atomic E-state index is 14.0. The minimum Gasteiger partial charge on any atom is -0.508 e. The molecule has 552 valence electrons. The van der Waals surface area contributed by atoms with E-state index in [2.05, 4.69) is 62.1 Å². The highest BCUT2D eigenvalue weighted by atomic mass is 16.4. The van der Waals surface area contributed by atoms with E-state index >= 15 is 0 Å². The topological polar surface area (TPSA) is 435 Å². The second kappa shape index (κ2) is 36.7. The Morgan fingerprint density at radius 2 is 0.913 bits per heavy atom. The van der Waals surface area contributed by atoms with E-state index in [0.29, 0.717) is 101 Å². The van der Waals surface area contributed by atoms with Crippen LogP contribution in [-0.4, -0.2) is 211 Å². The van der Waals surface area contributed by atoms with E-state index in [9.17, 15) is 73.5 Å². The molecule has 0 bridgehead atoms. The van der Waals surface area contributed by atoms with Crippen LogP contribution >= 0.6 is 0 Å². The number of aliphatic carboxylic acids is 2. The largest absolute Gasteiger partial charge is 0.508 e. The first kappa shape index (κ1) is 77.9. The Morgan fingerprint density at radius 1 is 0.485 bits per heavy atom. The molecule has 2 aromatic heterocycles. The summed E-state index contributed by atoms with van der Waals surface area (Å²) in [4.78, 5) is 136. The summed E-state index contributed by atoms with van der Waals surface area (Å²) in [6.45, 7) is 15.4. The van der Waals surface area contributed by atoms with Crippen molar-refractivity contribution in [2.75, 3.05) is 65.4 Å². The Morgan fingerprint density at radius 3 is 1.35 bits per heavy atom. The monoisotopic (exact) mass is 1420 g/mol. The number of phenols is 4. The zero-order valence-electron chi connectivity index (χ0n) is 58.9. The minimum atomic E-state index is -1.31. The predicted molar refractivity (Wildman–Crippen MR) is 376 cm³/mol. The quantitative estimate of drug-likeness (QED) is 0.0255. The molecular weight excluding hydrogens is 1330 g/mol. The van der Waals surface area contributed by atoms with Crippen LogP contribution in [0.25, 0.3) is 34.2 Å². The molecule has 4 heterocycles. The van der Waals surface area contributed by atoms with Crippen LogP contribution in [0, 0.1) is 5.92 Å². The molecule has 1 unspecified atom stereocenters. The molecule has 2 fully saturated rings. The highest BCUT2D eigenvalue weighted by molar-refractivity contribution is 5.94. The third-order valence-electron chi connectivity index (χ3n) is 18.1. The number of aromatic hydroxyl groups is 4. The molecule has 12 N–H and O–H groups in total. The van der Waals surface area contributed by atoms with Gasteiger partial charge in [-0.05, 0) is 130 Å². The Labute approximate surface area is 595 Å². The van der Waals surface area contributed by atoms with Crippen molar-refractivity contribution in [3.8, 4) is 57.1 Å². The van der Waals surface area contributed by atoms with Crippen molar-refractivity contribution in [1.29, 1.82) is 0 Å². The number of piperazine rings is 1. The van der Waals surface area contributed by atoms with E-state index in [1.807, 2.05) is 76.2 Å². The SMILES string of the molecule is CCNC(=O)c1nnc(-c2cc(C(C)C)c(O)cc2O)n1-c1ccc(CN2CCC(C(=O)CCNC(=O)C(CCC(=O)N3CCN(Cc4ccc(-n5c(C(=O)NCC)nnc5-c5cc(C(C)C)c(O)cc5O)cc4)CC3)NC(=O)CCNC(=O)[C@@H](CCC(=O)O)NC(=O)CCCC(=O)O)CC2)cc1. The van der Waals surface area contributed by atoms with Gasteiger partial charge in [-0.3, -0.25) is 66.9 Å². The first-order valence-electron chi connectivity index (χ1n) is 34.8. The number of carbonyl (C=O) groups excluding carboxylic acids is 8. The molecule has 2 atom stereocenters. The summed E-state index contributed by atoms with van der Waals surface area (Å²) < 4.78 is 3.10. The number of rotatable bonds is 35. The fourth-order valence-corrected chi connectivity index (χ4v) is 12.5. The van der Waals surface area contributed by atoms with Crippen molar-refractivity contribution < 1.29 is 78.6 Å². The van der Waals surface area contributed by atoms with Gasteiger partial charge in [0.15, 0.2) is 11.6 Å². The third-order valence-corrected chi connectivity index (χ3v) is 18.1. The Bertz CT molecular complexity index is 4030. The number of carbonyl (C=O) groups is 10. The maximum Gasteiger partial charge on any atom is 0.303 e. The Hall–Kier alpha value is -10.8. The molecule has 0 aliphatic carbocycles. The van der Waals surface area contributed by atoms with E-state index in [4.69, 9.17) is 5.11 Å². The van der Waals surface area contributed by atoms with Crippen molar-refractivity contribution >= 4 is 59.1 Å². The van der Waals surface area contributed by atoms with Gasteiger partial charge in [-0.1, -0.05) is 52.0 Å². The smallest absolute Gasteiger partial charge is 0.303 e. The summed E-state index contributed by atoms with van der Waals surface area (Å²) in [6, 6.07) is 18.1. The molecule has 0 radical (unpaired) electrons. The van der Waals surface area contributed by atoms with Crippen molar-refractivity contribution in [2.45, 2.75) is 149 Å². The average molecular weight is 1420 g/mol. The van der Waals surface area contributed by atoms with Gasteiger partial charge in [0.25, 0.3) is 11.8 Å². The molecule has 2 aliphatic rings. The van der Waals surface area contributed by atoms with Gasteiger partial charge < -0.3 is 67.4 Å². The summed E-state index contributed by atoms with van der Waals surface area (Å²) in [6.07, 6.45) is -0.844. The minimum absolute atomic E-state index is 0.00408. The number of carboxylic acid groups (broad SMARTS) is 2. The highest BCUT2D eigenvalue weighted by Crippen LogP contribution is 2.40. The lowest BCUT2D eigenvalue weighted by Gasteiger charge is -2.35. The van der Waals surface area contributed by atoms with Crippen LogP contribution in [0.15, 0.2) is 72.8 Å². The number of nitrogens with one attached hydrogen (secondary N) is 6. The number of Topliss-reactive ketones (excluding diaryl/α,β-unsaturated/α-hetero) is 1. The molecule has 6 aromatic rings. The number of hydrogen-bond acceptors (Lipinski definition) is 20. The molecule has 31 nitrogen and oxygen atoms in total. The van der Waals surface area contributed by atoms with Gasteiger partial charge >= 0.3 is 11.9 Å². The van der Waals surface area contributed by atoms with Gasteiger partial charge in [-0.15, -0.1) is 20.4 Å². The fourth-order valence-electron chi connectivity index (χ4n) is 12.5. The van der Waals surface area contributed by atoms with Crippen molar-refractivity contribution in [3.05, 3.63) is 107 Å². The van der Waals surface area contributed by atoms with Crippen LogP contribution < -0.4 is 31.9 Å². The predicted octanol–water partition coefficient (Wildman–Crippen LogP) is 4.76. The standard InChI is InChI=1S/C72H93N15O16/c1-7-73-71(102)67-81-79-65(51-36-49(42(3)4)56(89)38-58(51)91)86(67)47-16-12-44(13-17-47)40-83-30-26-46(27-31-83)55(88)24-28-75-69(100)53(78-61(94)25-29-76-70(101)54(21-23-64(98)99)77-60(93)10-9-11-63(96)97)20-22-62(95)85-34-32-84(33-35-85)41-45-14-18-48(19-15-45)87-66(80-82-68(87)72(103)74-8-2)52-37-50(43(5)6)57(90)39-59(52)92/h12-19,36-39,42-43,46,53-54,89-92H,7-11,20-35,40-41H2,1-6H3,(H,73,102)(H,74,103)(H,75,100)(H,76,101)(H,77,93)(H,78,94)(H,96,97)(H,98,99)/t53?,54-/m1/s1. The van der Waals surface area contributed by atoms with Crippen molar-refractivity contribution in [3.63, 3.8) is 0 Å². The normalized spacial score (nSPS) is 14.2. The summed E-state index contributed by atoms with van der Waals surface area (Å²) in [7, 11) is 0. The lowest BCUT2D eigenvalue weighted by molar-refractivity contribution is -0.139. The molecule has 8 rings (SSSR count). The van der Waals surface area contributed by atoms with E-state index in [0.717, 1.165) is 11.1 Å². The molecule has 0 saturated carbocycles. The second-order valence-electron chi connectivity index (χ2n) is 26.3. The average Bonchev–Trinajstić information content (AvgIpc) is 1.67. The first-order chi connectivity index (χ1) is 49.2. The van der Waals surface area contributed by atoms with Crippen LogP contribution in [-0.2, 0) is 51.4 Å². The molecule has 2 saturated heterocycles. The highest BCUT2D eigenvalue weighted by Gasteiger charge is 2.31. The number of hydrogen-bond donors (Lipinski definition) is 12. The van der Waals surface area contributed by atoms with Crippen LogP contribution in [0.4, 0.5) is 0 Å². The molecule has 31 heteroatoms. The third kappa shape index (κ3) is 21.1. The molecule has 103 heavy (non-hydrogen) atoms. The number of piperidine rings is 1. The zero-order chi connectivity index (χ0) is 74.6. The van der Waals surface area contributed by atoms with E-state index < -0.39 is 65.9 Å². The lowest BCUT2D eigenvalue weighted by Crippen LogP contribution is -2.50. The number of benzene rings is 4. The summed E-state index contributed by atoms with van der Waals surface area (Å²) in [5.74, 6) is -7.12. The molecule has 4 aromatic carbocycles. The van der Waals surface area contributed by atoms with Crippen LogP contribution in [0.5, 0.6) is 23.0 Å². The van der Waals surface area contributed by atoms with Crippen LogP contribution in [0.2, 0.25) is 0 Å². The summed E-state index contributed by atoms with van der Waals surface area (Å²) in [5, 5.41) is 94.3. The van der Waals surface area contributed by atoms with Gasteiger partial charge in [0, 0.05) is 133 Å².